The fraction of sp³-hybridized carbons (Fsp3) is 0.750. The Labute approximate surface area is 427 Å². The van der Waals surface area contributed by atoms with Crippen LogP contribution in [0.25, 0.3) is 16.9 Å². The molecule has 0 amide bonds. The van der Waals surface area contributed by atoms with E-state index in [2.05, 4.69) is 90.9 Å². The first-order valence-electron chi connectivity index (χ1n) is 29.6. The number of hydrogen-bond donors (Lipinski definition) is 0. The molecule has 1 aliphatic heterocycles. The fourth-order valence-corrected chi connectivity index (χ4v) is 11.6. The summed E-state index contributed by atoms with van der Waals surface area (Å²) >= 11 is 1.06. The van der Waals surface area contributed by atoms with E-state index in [0.717, 1.165) is 79.9 Å². The van der Waals surface area contributed by atoms with Crippen LogP contribution in [0.1, 0.15) is 307 Å². The van der Waals surface area contributed by atoms with Gasteiger partial charge in [-0.25, -0.2) is 4.70 Å². The third kappa shape index (κ3) is 29.2. The summed E-state index contributed by atoms with van der Waals surface area (Å²) in [4.78, 5) is 3.09. The molecule has 0 saturated heterocycles. The number of hydrogen-bond acceptors (Lipinski definition) is 0. The van der Waals surface area contributed by atoms with Gasteiger partial charge in [-0.2, -0.15) is 0 Å². The van der Waals surface area contributed by atoms with Crippen molar-refractivity contribution >= 4 is 11.4 Å². The van der Waals surface area contributed by atoms with E-state index in [9.17, 15) is 5.53 Å². The minimum Gasteiger partial charge on any atom is -0.0654 e. The Hall–Kier alpha value is -1.82. The molecule has 3 heteroatoms. The van der Waals surface area contributed by atoms with Gasteiger partial charge in [0.05, 0.1) is 0 Å². The Morgan fingerprint density at radius 3 is 0.940 bits per heavy atom. The van der Waals surface area contributed by atoms with E-state index in [1.54, 1.807) is 9.79 Å². The van der Waals surface area contributed by atoms with Crippen LogP contribution in [0.3, 0.4) is 0 Å². The van der Waals surface area contributed by atoms with Crippen LogP contribution >= 0.6 is 0 Å². The van der Waals surface area contributed by atoms with Crippen molar-refractivity contribution in [3.63, 3.8) is 0 Å². The molecule has 0 aromatic heterocycles. The smallest absolute Gasteiger partial charge is 0.0654 e. The predicted octanol–water partition coefficient (Wildman–Crippen LogP) is 22.4. The molecular weight excluding hydrogens is 903 g/mol. The molecule has 2 aromatic carbocycles. The van der Waals surface area contributed by atoms with Crippen LogP contribution in [0.5, 0.6) is 0 Å². The molecule has 67 heavy (non-hydrogen) atoms. The molecule has 0 spiro atoms. The maximum absolute atomic E-state index is 11.8. The van der Waals surface area contributed by atoms with Gasteiger partial charge >= 0.3 is 169 Å². The second-order valence-electron chi connectivity index (χ2n) is 20.6. The van der Waals surface area contributed by atoms with Crippen LogP contribution in [-0.4, -0.2) is 4.70 Å². The molecule has 0 radical (unpaired) electrons. The molecule has 1 aliphatic rings. The molecule has 2 nitrogen and oxygen atoms in total. The van der Waals surface area contributed by atoms with Gasteiger partial charge in [0.15, 0.2) is 0 Å². The second kappa shape index (κ2) is 43.0. The number of allylic oxidation sites excluding steroid dienone is 2. The van der Waals surface area contributed by atoms with Gasteiger partial charge in [0.2, 0.25) is 11.4 Å². The molecule has 386 valence electrons. The standard InChI is InChI=1S/C36H52N2.2C14H29.Pd/c1-6-11-16-28-21-29(17-12-7-2)24-33(23-28)35-27-32(20-15-10-5)36(38(35)37)34-25-30(18-13-8-3)22-31(26-34)19-14-9-4;2*1-3-5-7-9-11-13-14-12-10-8-6-4-2;/h21-27H,6-20H2,1-5H3;2*1,3-14H2,2H3;. The van der Waals surface area contributed by atoms with Crippen molar-refractivity contribution in [1.82, 2.24) is 0 Å². The Kier molecular flexibility index (Phi) is 39.4. The van der Waals surface area contributed by atoms with Crippen molar-refractivity contribution < 1.29 is 22.7 Å². The first kappa shape index (κ1) is 61.3. The van der Waals surface area contributed by atoms with E-state index >= 15 is 0 Å². The molecule has 0 N–H and O–H groups in total. The Bertz CT molecular complexity index is 1490. The van der Waals surface area contributed by atoms with Crippen LogP contribution in [-0.2, 0) is 43.7 Å². The van der Waals surface area contributed by atoms with Gasteiger partial charge in [-0.3, -0.25) is 0 Å². The van der Waals surface area contributed by atoms with Crippen LogP contribution < -0.4 is 0 Å². The minimum absolute atomic E-state index is 0.941. The molecule has 0 fully saturated rings. The van der Waals surface area contributed by atoms with Crippen LogP contribution in [0.2, 0.25) is 9.79 Å². The van der Waals surface area contributed by atoms with E-state index in [0.29, 0.717) is 0 Å². The van der Waals surface area contributed by atoms with E-state index in [4.69, 9.17) is 0 Å². The van der Waals surface area contributed by atoms with Gasteiger partial charge in [-0.05, 0) is 111 Å². The predicted molar refractivity (Wildman–Crippen MR) is 297 cm³/mol. The molecule has 2 aromatic rings. The van der Waals surface area contributed by atoms with Gasteiger partial charge in [0.25, 0.3) is 0 Å². The van der Waals surface area contributed by atoms with E-state index in [-0.39, 0.29) is 0 Å². The second-order valence-corrected chi connectivity index (χ2v) is 22.9. The van der Waals surface area contributed by atoms with Crippen molar-refractivity contribution in [2.24, 2.45) is 0 Å². The van der Waals surface area contributed by atoms with Gasteiger partial charge in [0.1, 0.15) is 0 Å². The summed E-state index contributed by atoms with van der Waals surface area (Å²) in [5.41, 5.74) is 23.0. The zero-order valence-corrected chi connectivity index (χ0v) is 47.3. The first-order valence-corrected chi connectivity index (χ1v) is 31.8. The topological polar surface area (TPSA) is 25.3 Å². The molecular formula is C64H110N2Pd. The van der Waals surface area contributed by atoms with Gasteiger partial charge < -0.3 is 5.53 Å². The average Bonchev–Trinajstić information content (AvgIpc) is 3.68. The number of benzene rings is 2. The zero-order chi connectivity index (χ0) is 48.4. The van der Waals surface area contributed by atoms with Crippen LogP contribution in [0.4, 0.5) is 0 Å². The first-order chi connectivity index (χ1) is 33.0. The van der Waals surface area contributed by atoms with Crippen molar-refractivity contribution in [3.05, 3.63) is 87.0 Å². The minimum atomic E-state index is 0.941. The summed E-state index contributed by atoms with van der Waals surface area (Å²) in [6, 6.07) is 14.1. The van der Waals surface area contributed by atoms with Crippen LogP contribution in [0, 0.1) is 0 Å². The maximum atomic E-state index is 11.8. The molecule has 3 rings (SSSR count). The van der Waals surface area contributed by atoms with Crippen molar-refractivity contribution in [1.29, 1.82) is 0 Å². The normalized spacial score (nSPS) is 12.6. The molecule has 0 aliphatic carbocycles. The summed E-state index contributed by atoms with van der Waals surface area (Å²) in [6.07, 6.45) is 55.1. The number of rotatable bonds is 43. The molecule has 0 bridgehead atoms. The van der Waals surface area contributed by atoms with Crippen molar-refractivity contribution in [2.75, 3.05) is 0 Å². The van der Waals surface area contributed by atoms with E-state index < -0.39 is 0 Å². The molecule has 0 saturated carbocycles. The average molecular weight is 1010 g/mol. The Morgan fingerprint density at radius 1 is 0.328 bits per heavy atom. The number of nitrogens with zero attached hydrogens (tertiary/aromatic N) is 2. The third-order valence-electron chi connectivity index (χ3n) is 14.0. The van der Waals surface area contributed by atoms with Gasteiger partial charge in [-0.1, -0.05) is 106 Å². The van der Waals surface area contributed by atoms with E-state index in [1.807, 2.05) is 0 Å². The molecule has 0 atom stereocenters. The summed E-state index contributed by atoms with van der Waals surface area (Å²) in [5.74, 6) is 0. The summed E-state index contributed by atoms with van der Waals surface area (Å²) in [6.45, 7) is 15.9. The molecule has 1 heterocycles. The van der Waals surface area contributed by atoms with Gasteiger partial charge in [0, 0.05) is 22.8 Å². The number of unbranched alkanes of at least 4 members (excludes halogenated alkanes) is 27. The summed E-state index contributed by atoms with van der Waals surface area (Å²) < 4.78 is 1.52. The summed E-state index contributed by atoms with van der Waals surface area (Å²) in [7, 11) is 0. The Morgan fingerprint density at radius 2 is 0.612 bits per heavy atom. The zero-order valence-electron chi connectivity index (χ0n) is 45.7. The third-order valence-corrected chi connectivity index (χ3v) is 16.2. The van der Waals surface area contributed by atoms with Crippen LogP contribution in [0.15, 0.2) is 48.0 Å². The quantitative estimate of drug-likeness (QED) is 0.0359. The Balaban J connectivity index is 0.000000480. The molecule has 0 unspecified atom stereocenters. The number of aryl methyl sites for hydroxylation is 4. The summed E-state index contributed by atoms with van der Waals surface area (Å²) in [5, 5.41) is 0. The van der Waals surface area contributed by atoms with Crippen molar-refractivity contribution in [2.45, 2.75) is 309 Å². The van der Waals surface area contributed by atoms with Gasteiger partial charge in [-0.15, -0.1) is 0 Å². The SMILES string of the molecule is CCCCC1=C(c2cc(CCCC)cc(CCCC)c2)[N+](=[N-])C(c2cc(CCCC)cc(CCCC)c2)=C1.CCCCCCCCCCCCC[CH2][Pd][CH2]CCCCCCCCCCCCC. The van der Waals surface area contributed by atoms with E-state index in [1.165, 1.54) is 244 Å². The monoisotopic (exact) mass is 1010 g/mol. The fourth-order valence-electron chi connectivity index (χ4n) is 9.61. The van der Waals surface area contributed by atoms with Crippen molar-refractivity contribution in [3.8, 4) is 0 Å².